The van der Waals surface area contributed by atoms with E-state index in [0.29, 0.717) is 0 Å². The molecule has 3 aromatic rings. The predicted molar refractivity (Wildman–Crippen MR) is 95.9 cm³/mol. The number of rotatable bonds is 5. The molecule has 0 unspecified atom stereocenters. The minimum Gasteiger partial charge on any atom is -0.0654 e. The molecule has 0 radical (unpaired) electrons. The van der Waals surface area contributed by atoms with Crippen LogP contribution in [0.1, 0.15) is 25.3 Å². The average molecular weight is 286 g/mol. The number of aryl methyl sites for hydroxylation is 1. The van der Waals surface area contributed by atoms with Crippen LogP contribution in [0.3, 0.4) is 0 Å². The SMILES string of the molecule is CCCCc1cc(-c2ccccc2)ccc1-c1ccccc1. The van der Waals surface area contributed by atoms with Crippen LogP contribution < -0.4 is 0 Å². The van der Waals surface area contributed by atoms with E-state index in [1.54, 1.807) is 0 Å². The van der Waals surface area contributed by atoms with Gasteiger partial charge in [0.05, 0.1) is 0 Å². The van der Waals surface area contributed by atoms with Gasteiger partial charge in [-0.25, -0.2) is 0 Å². The zero-order chi connectivity index (χ0) is 15.2. The molecule has 0 bridgehead atoms. The molecule has 0 N–H and O–H groups in total. The van der Waals surface area contributed by atoms with Gasteiger partial charge >= 0.3 is 0 Å². The second kappa shape index (κ2) is 7.09. The molecule has 0 aliphatic heterocycles. The second-order valence-corrected chi connectivity index (χ2v) is 5.71. The summed E-state index contributed by atoms with van der Waals surface area (Å²) in [5.74, 6) is 0. The van der Waals surface area contributed by atoms with Crippen LogP contribution in [0.15, 0.2) is 78.9 Å². The van der Waals surface area contributed by atoms with Crippen molar-refractivity contribution in [2.24, 2.45) is 0 Å². The Morgan fingerprint density at radius 1 is 0.636 bits per heavy atom. The molecule has 0 heteroatoms. The van der Waals surface area contributed by atoms with E-state index < -0.39 is 0 Å². The molecule has 0 aliphatic rings. The summed E-state index contributed by atoms with van der Waals surface area (Å²) in [4.78, 5) is 0. The van der Waals surface area contributed by atoms with Crippen molar-refractivity contribution in [1.82, 2.24) is 0 Å². The highest BCUT2D eigenvalue weighted by atomic mass is 14.1. The summed E-state index contributed by atoms with van der Waals surface area (Å²) in [6, 6.07) is 28.2. The number of unbranched alkanes of at least 4 members (excludes halogenated alkanes) is 1. The summed E-state index contributed by atoms with van der Waals surface area (Å²) >= 11 is 0. The maximum atomic E-state index is 2.37. The molecule has 3 rings (SSSR count). The lowest BCUT2D eigenvalue weighted by Crippen LogP contribution is -1.92. The van der Waals surface area contributed by atoms with Gasteiger partial charge in [0.15, 0.2) is 0 Å². The summed E-state index contributed by atoms with van der Waals surface area (Å²) in [6.45, 7) is 2.25. The van der Waals surface area contributed by atoms with E-state index in [1.165, 1.54) is 40.7 Å². The van der Waals surface area contributed by atoms with Crippen molar-refractivity contribution in [2.75, 3.05) is 0 Å². The minimum absolute atomic E-state index is 1.14. The molecule has 0 fully saturated rings. The number of benzene rings is 3. The summed E-state index contributed by atoms with van der Waals surface area (Å²) < 4.78 is 0. The first-order chi connectivity index (χ1) is 10.9. The third-order valence-electron chi connectivity index (χ3n) is 4.10. The average Bonchev–Trinajstić information content (AvgIpc) is 2.61. The van der Waals surface area contributed by atoms with Crippen LogP contribution in [-0.4, -0.2) is 0 Å². The molecule has 110 valence electrons. The van der Waals surface area contributed by atoms with Crippen LogP contribution in [-0.2, 0) is 6.42 Å². The van der Waals surface area contributed by atoms with E-state index in [9.17, 15) is 0 Å². The third kappa shape index (κ3) is 3.28. The Hall–Kier alpha value is -2.34. The third-order valence-corrected chi connectivity index (χ3v) is 4.10. The van der Waals surface area contributed by atoms with Gasteiger partial charge in [-0.2, -0.15) is 0 Å². The van der Waals surface area contributed by atoms with Crippen LogP contribution >= 0.6 is 0 Å². The fourth-order valence-corrected chi connectivity index (χ4v) is 2.88. The van der Waals surface area contributed by atoms with E-state index in [-0.39, 0.29) is 0 Å². The highest BCUT2D eigenvalue weighted by Crippen LogP contribution is 2.30. The van der Waals surface area contributed by atoms with E-state index in [4.69, 9.17) is 0 Å². The van der Waals surface area contributed by atoms with Gasteiger partial charge in [-0.05, 0) is 40.7 Å². The molecular formula is C22H22. The topological polar surface area (TPSA) is 0 Å². The standard InChI is InChI=1S/C22H22/c1-2-3-10-21-17-20(18-11-6-4-7-12-18)15-16-22(21)19-13-8-5-9-14-19/h4-9,11-17H,2-3,10H2,1H3. The Balaban J connectivity index is 2.04. The van der Waals surface area contributed by atoms with Crippen LogP contribution in [0, 0.1) is 0 Å². The summed E-state index contributed by atoms with van der Waals surface area (Å²) in [5, 5.41) is 0. The monoisotopic (exact) mass is 286 g/mol. The van der Waals surface area contributed by atoms with E-state index >= 15 is 0 Å². The van der Waals surface area contributed by atoms with Crippen molar-refractivity contribution < 1.29 is 0 Å². The van der Waals surface area contributed by atoms with Gasteiger partial charge in [-0.3, -0.25) is 0 Å². The Morgan fingerprint density at radius 2 is 1.27 bits per heavy atom. The lowest BCUT2D eigenvalue weighted by molar-refractivity contribution is 0.796. The van der Waals surface area contributed by atoms with Crippen molar-refractivity contribution in [3.05, 3.63) is 84.4 Å². The normalized spacial score (nSPS) is 10.6. The lowest BCUT2D eigenvalue weighted by atomic mass is 9.92. The molecule has 3 aromatic carbocycles. The van der Waals surface area contributed by atoms with Crippen LogP contribution in [0.2, 0.25) is 0 Å². The Morgan fingerprint density at radius 3 is 1.91 bits per heavy atom. The molecule has 0 atom stereocenters. The molecule has 0 saturated heterocycles. The smallest absolute Gasteiger partial charge is 0.0151 e. The van der Waals surface area contributed by atoms with Gasteiger partial charge in [0.2, 0.25) is 0 Å². The summed E-state index contributed by atoms with van der Waals surface area (Å²) in [7, 11) is 0. The molecule has 0 saturated carbocycles. The highest BCUT2D eigenvalue weighted by Gasteiger charge is 2.07. The van der Waals surface area contributed by atoms with Gasteiger partial charge in [0.25, 0.3) is 0 Å². The molecule has 0 nitrogen and oxygen atoms in total. The molecule has 0 spiro atoms. The fraction of sp³-hybridized carbons (Fsp3) is 0.182. The molecule has 0 heterocycles. The Bertz CT molecular complexity index is 712. The first kappa shape index (κ1) is 14.6. The van der Waals surface area contributed by atoms with Crippen molar-refractivity contribution in [1.29, 1.82) is 0 Å². The Labute approximate surface area is 133 Å². The summed E-state index contributed by atoms with van der Waals surface area (Å²) in [6.07, 6.45) is 3.60. The van der Waals surface area contributed by atoms with Crippen LogP contribution in [0.25, 0.3) is 22.3 Å². The lowest BCUT2D eigenvalue weighted by Gasteiger charge is -2.12. The van der Waals surface area contributed by atoms with Crippen molar-refractivity contribution in [3.63, 3.8) is 0 Å². The number of hydrogen-bond donors (Lipinski definition) is 0. The zero-order valence-electron chi connectivity index (χ0n) is 13.1. The molecule has 0 aliphatic carbocycles. The van der Waals surface area contributed by atoms with Gasteiger partial charge in [0, 0.05) is 0 Å². The minimum atomic E-state index is 1.14. The predicted octanol–water partition coefficient (Wildman–Crippen LogP) is 6.36. The van der Waals surface area contributed by atoms with E-state index in [0.717, 1.165) is 6.42 Å². The first-order valence-corrected chi connectivity index (χ1v) is 8.12. The zero-order valence-corrected chi connectivity index (χ0v) is 13.1. The van der Waals surface area contributed by atoms with Gasteiger partial charge < -0.3 is 0 Å². The molecule has 0 aromatic heterocycles. The largest absolute Gasteiger partial charge is 0.0654 e. The second-order valence-electron chi connectivity index (χ2n) is 5.71. The fourth-order valence-electron chi connectivity index (χ4n) is 2.88. The van der Waals surface area contributed by atoms with Crippen LogP contribution in [0.5, 0.6) is 0 Å². The first-order valence-electron chi connectivity index (χ1n) is 8.12. The van der Waals surface area contributed by atoms with Gasteiger partial charge in [-0.15, -0.1) is 0 Å². The van der Waals surface area contributed by atoms with Crippen molar-refractivity contribution in [2.45, 2.75) is 26.2 Å². The van der Waals surface area contributed by atoms with Gasteiger partial charge in [-0.1, -0.05) is 92.2 Å². The van der Waals surface area contributed by atoms with Gasteiger partial charge in [0.1, 0.15) is 0 Å². The van der Waals surface area contributed by atoms with E-state index in [1.807, 2.05) is 0 Å². The molecule has 22 heavy (non-hydrogen) atoms. The van der Waals surface area contributed by atoms with Crippen molar-refractivity contribution >= 4 is 0 Å². The van der Waals surface area contributed by atoms with Crippen molar-refractivity contribution in [3.8, 4) is 22.3 Å². The maximum absolute atomic E-state index is 2.37. The maximum Gasteiger partial charge on any atom is -0.0151 e. The highest BCUT2D eigenvalue weighted by molar-refractivity contribution is 5.73. The van der Waals surface area contributed by atoms with Crippen LogP contribution in [0.4, 0.5) is 0 Å². The quantitative estimate of drug-likeness (QED) is 0.511. The molecular weight excluding hydrogens is 264 g/mol. The van der Waals surface area contributed by atoms with E-state index in [2.05, 4.69) is 85.8 Å². The Kier molecular flexibility index (Phi) is 4.70. The summed E-state index contributed by atoms with van der Waals surface area (Å²) in [5.41, 5.74) is 6.74. The molecule has 0 amide bonds. The number of hydrogen-bond acceptors (Lipinski definition) is 0.